The molecule has 0 saturated heterocycles. The van der Waals surface area contributed by atoms with E-state index in [2.05, 4.69) is 0 Å². The molecular weight excluding hydrogens is 278 g/mol. The van der Waals surface area contributed by atoms with Gasteiger partial charge in [0.25, 0.3) is 0 Å². The standard InChI is InChI=1S/C15H14ClNO3/c1-9-2-3-10(13(16)6-9)8-20-11-4-5-14(17)12(7-11)15(18)19/h2-7H,8,17H2,1H3,(H,18,19). The van der Waals surface area contributed by atoms with E-state index in [0.717, 1.165) is 11.1 Å². The molecule has 0 spiro atoms. The molecule has 3 N–H and O–H groups in total. The van der Waals surface area contributed by atoms with Gasteiger partial charge in [0, 0.05) is 16.3 Å². The van der Waals surface area contributed by atoms with E-state index in [0.29, 0.717) is 10.8 Å². The van der Waals surface area contributed by atoms with Gasteiger partial charge in [-0.3, -0.25) is 0 Å². The number of aromatic carboxylic acids is 1. The van der Waals surface area contributed by atoms with E-state index in [9.17, 15) is 4.79 Å². The average molecular weight is 292 g/mol. The van der Waals surface area contributed by atoms with Crippen LogP contribution in [0.2, 0.25) is 5.02 Å². The van der Waals surface area contributed by atoms with Crippen LogP contribution < -0.4 is 10.5 Å². The zero-order valence-corrected chi connectivity index (χ0v) is 11.6. The summed E-state index contributed by atoms with van der Waals surface area (Å²) in [4.78, 5) is 11.0. The van der Waals surface area contributed by atoms with Gasteiger partial charge in [-0.1, -0.05) is 23.7 Å². The molecule has 0 fully saturated rings. The molecule has 104 valence electrons. The number of hydrogen-bond donors (Lipinski definition) is 2. The van der Waals surface area contributed by atoms with Gasteiger partial charge in [0.2, 0.25) is 0 Å². The van der Waals surface area contributed by atoms with Crippen LogP contribution in [0.5, 0.6) is 5.75 Å². The summed E-state index contributed by atoms with van der Waals surface area (Å²) in [5.41, 5.74) is 7.72. The van der Waals surface area contributed by atoms with E-state index < -0.39 is 5.97 Å². The predicted molar refractivity (Wildman–Crippen MR) is 78.3 cm³/mol. The molecule has 0 amide bonds. The monoisotopic (exact) mass is 291 g/mol. The molecule has 4 nitrogen and oxygen atoms in total. The number of carboxylic acid groups (broad SMARTS) is 1. The SMILES string of the molecule is Cc1ccc(COc2ccc(N)c(C(=O)O)c2)c(Cl)c1. The highest BCUT2D eigenvalue weighted by molar-refractivity contribution is 6.31. The normalized spacial score (nSPS) is 10.3. The van der Waals surface area contributed by atoms with Crippen LogP contribution in [0.25, 0.3) is 0 Å². The minimum atomic E-state index is -1.08. The fourth-order valence-corrected chi connectivity index (χ4v) is 2.03. The van der Waals surface area contributed by atoms with E-state index in [4.69, 9.17) is 27.2 Å². The van der Waals surface area contributed by atoms with Crippen molar-refractivity contribution in [3.8, 4) is 5.75 Å². The maximum absolute atomic E-state index is 11.0. The van der Waals surface area contributed by atoms with Gasteiger partial charge in [-0.2, -0.15) is 0 Å². The van der Waals surface area contributed by atoms with Crippen molar-refractivity contribution in [1.82, 2.24) is 0 Å². The number of hydrogen-bond acceptors (Lipinski definition) is 3. The maximum Gasteiger partial charge on any atom is 0.337 e. The van der Waals surface area contributed by atoms with Gasteiger partial charge >= 0.3 is 5.97 Å². The Morgan fingerprint density at radius 2 is 2.05 bits per heavy atom. The molecule has 20 heavy (non-hydrogen) atoms. The summed E-state index contributed by atoms with van der Waals surface area (Å²) >= 11 is 6.11. The summed E-state index contributed by atoms with van der Waals surface area (Å²) in [6.07, 6.45) is 0. The summed E-state index contributed by atoms with van der Waals surface area (Å²) in [7, 11) is 0. The first-order valence-corrected chi connectivity index (χ1v) is 6.36. The van der Waals surface area contributed by atoms with Crippen molar-refractivity contribution in [2.75, 3.05) is 5.73 Å². The first-order valence-electron chi connectivity index (χ1n) is 5.98. The lowest BCUT2D eigenvalue weighted by Crippen LogP contribution is -2.03. The molecule has 5 heteroatoms. The number of rotatable bonds is 4. The zero-order chi connectivity index (χ0) is 14.7. The summed E-state index contributed by atoms with van der Waals surface area (Å²) in [5, 5.41) is 9.62. The van der Waals surface area contributed by atoms with Crippen LogP contribution in [-0.4, -0.2) is 11.1 Å². The molecule has 0 saturated carbocycles. The Labute approximate surface area is 121 Å². The lowest BCUT2D eigenvalue weighted by molar-refractivity contribution is 0.0697. The third-order valence-electron chi connectivity index (χ3n) is 2.86. The van der Waals surface area contributed by atoms with E-state index >= 15 is 0 Å². The van der Waals surface area contributed by atoms with Crippen LogP contribution in [0.15, 0.2) is 36.4 Å². The van der Waals surface area contributed by atoms with Crippen LogP contribution >= 0.6 is 11.6 Å². The predicted octanol–water partition coefficient (Wildman–Crippen LogP) is 3.51. The van der Waals surface area contributed by atoms with Crippen LogP contribution in [0, 0.1) is 6.92 Å². The highest BCUT2D eigenvalue weighted by Crippen LogP contribution is 2.23. The van der Waals surface area contributed by atoms with Gasteiger partial charge in [0.15, 0.2) is 0 Å². The molecule has 0 heterocycles. The lowest BCUT2D eigenvalue weighted by Gasteiger charge is -2.10. The molecule has 0 unspecified atom stereocenters. The third-order valence-corrected chi connectivity index (χ3v) is 3.21. The second-order valence-electron chi connectivity index (χ2n) is 4.44. The maximum atomic E-state index is 11.0. The third kappa shape index (κ3) is 3.22. The van der Waals surface area contributed by atoms with Crippen molar-refractivity contribution in [2.24, 2.45) is 0 Å². The lowest BCUT2D eigenvalue weighted by atomic mass is 10.1. The molecule has 0 aromatic heterocycles. The first-order chi connectivity index (χ1) is 9.47. The Morgan fingerprint density at radius 1 is 1.30 bits per heavy atom. The van der Waals surface area contributed by atoms with Crippen LogP contribution in [0.3, 0.4) is 0 Å². The quantitative estimate of drug-likeness (QED) is 0.846. The second kappa shape index (κ2) is 5.84. The van der Waals surface area contributed by atoms with Crippen LogP contribution in [0.1, 0.15) is 21.5 Å². The number of carbonyl (C=O) groups is 1. The minimum Gasteiger partial charge on any atom is -0.489 e. The van der Waals surface area contributed by atoms with Gasteiger partial charge < -0.3 is 15.6 Å². The van der Waals surface area contributed by atoms with Gasteiger partial charge in [0.05, 0.1) is 5.56 Å². The number of benzene rings is 2. The first kappa shape index (κ1) is 14.2. The molecule has 2 aromatic rings. The molecule has 0 aliphatic heterocycles. The Kier molecular flexibility index (Phi) is 4.15. The number of halogens is 1. The average Bonchev–Trinajstić information content (AvgIpc) is 2.39. The number of nitrogen functional groups attached to an aromatic ring is 1. The number of carboxylic acids is 1. The molecule has 0 aliphatic rings. The highest BCUT2D eigenvalue weighted by Gasteiger charge is 2.09. The molecule has 0 aliphatic carbocycles. The van der Waals surface area contributed by atoms with Crippen molar-refractivity contribution in [2.45, 2.75) is 13.5 Å². The Balaban J connectivity index is 2.15. The van der Waals surface area contributed by atoms with E-state index in [-0.39, 0.29) is 17.9 Å². The van der Waals surface area contributed by atoms with Gasteiger partial charge in [-0.15, -0.1) is 0 Å². The second-order valence-corrected chi connectivity index (χ2v) is 4.84. The molecular formula is C15H14ClNO3. The number of aryl methyl sites for hydroxylation is 1. The number of nitrogens with two attached hydrogens (primary N) is 1. The van der Waals surface area contributed by atoms with Crippen LogP contribution in [0.4, 0.5) is 5.69 Å². The van der Waals surface area contributed by atoms with Crippen molar-refractivity contribution in [1.29, 1.82) is 0 Å². The molecule has 0 radical (unpaired) electrons. The number of anilines is 1. The topological polar surface area (TPSA) is 72.5 Å². The largest absolute Gasteiger partial charge is 0.489 e. The molecule has 2 rings (SSSR count). The van der Waals surface area contributed by atoms with Crippen molar-refractivity contribution >= 4 is 23.3 Å². The molecule has 0 bridgehead atoms. The molecule has 2 aromatic carbocycles. The van der Waals surface area contributed by atoms with Gasteiger partial charge in [0.1, 0.15) is 12.4 Å². The fraction of sp³-hybridized carbons (Fsp3) is 0.133. The van der Waals surface area contributed by atoms with Crippen molar-refractivity contribution in [3.63, 3.8) is 0 Å². The van der Waals surface area contributed by atoms with Gasteiger partial charge in [-0.05, 0) is 36.8 Å². The number of ether oxygens (including phenoxy) is 1. The van der Waals surface area contributed by atoms with Gasteiger partial charge in [-0.25, -0.2) is 4.79 Å². The van der Waals surface area contributed by atoms with Crippen molar-refractivity contribution in [3.05, 3.63) is 58.1 Å². The fourth-order valence-electron chi connectivity index (χ4n) is 1.74. The Morgan fingerprint density at radius 3 is 2.70 bits per heavy atom. The minimum absolute atomic E-state index is 0.0255. The van der Waals surface area contributed by atoms with Crippen LogP contribution in [-0.2, 0) is 6.61 Å². The smallest absolute Gasteiger partial charge is 0.337 e. The van der Waals surface area contributed by atoms with E-state index in [1.165, 1.54) is 12.1 Å². The highest BCUT2D eigenvalue weighted by atomic mass is 35.5. The summed E-state index contributed by atoms with van der Waals surface area (Å²) in [5.74, 6) is -0.644. The zero-order valence-electron chi connectivity index (χ0n) is 10.9. The Hall–Kier alpha value is -2.20. The summed E-state index contributed by atoms with van der Waals surface area (Å²) < 4.78 is 5.56. The molecule has 0 atom stereocenters. The Bertz CT molecular complexity index is 656. The van der Waals surface area contributed by atoms with E-state index in [1.807, 2.05) is 25.1 Å². The summed E-state index contributed by atoms with van der Waals surface area (Å²) in [6, 6.07) is 10.2. The van der Waals surface area contributed by atoms with Crippen molar-refractivity contribution < 1.29 is 14.6 Å². The van der Waals surface area contributed by atoms with E-state index in [1.54, 1.807) is 6.07 Å². The summed E-state index contributed by atoms with van der Waals surface area (Å²) in [6.45, 7) is 2.22.